The Labute approximate surface area is 250 Å². The molecule has 0 aliphatic carbocycles. The van der Waals surface area contributed by atoms with E-state index in [9.17, 15) is 9.59 Å². The van der Waals surface area contributed by atoms with Crippen LogP contribution in [-0.2, 0) is 9.53 Å². The molecule has 7 nitrogen and oxygen atoms in total. The number of carbonyl (C=O) groups excluding carboxylic acids is 2. The summed E-state index contributed by atoms with van der Waals surface area (Å²) in [6.07, 6.45) is -1.03. The summed E-state index contributed by atoms with van der Waals surface area (Å²) in [5.41, 5.74) is 7.93. The molecule has 3 heterocycles. The van der Waals surface area contributed by atoms with Crippen LogP contribution in [0.2, 0.25) is 0 Å². The van der Waals surface area contributed by atoms with Crippen LogP contribution in [0, 0.1) is 13.8 Å². The van der Waals surface area contributed by atoms with Crippen LogP contribution in [0.4, 0.5) is 5.13 Å². The highest BCUT2D eigenvalue weighted by Crippen LogP contribution is 2.32. The molecule has 0 saturated heterocycles. The number of aryl methyl sites for hydroxylation is 2. The van der Waals surface area contributed by atoms with Crippen LogP contribution in [-0.4, -0.2) is 32.9 Å². The van der Waals surface area contributed by atoms with Gasteiger partial charge in [0.2, 0.25) is 0 Å². The van der Waals surface area contributed by atoms with Crippen molar-refractivity contribution in [3.05, 3.63) is 106 Å². The lowest BCUT2D eigenvalue weighted by Crippen LogP contribution is -2.30. The second-order valence-corrected chi connectivity index (χ2v) is 11.7. The van der Waals surface area contributed by atoms with Crippen LogP contribution in [0.1, 0.15) is 28.4 Å². The van der Waals surface area contributed by atoms with E-state index < -0.39 is 18.0 Å². The maximum Gasteiger partial charge on any atom is 0.338 e. The van der Waals surface area contributed by atoms with E-state index in [1.54, 1.807) is 29.5 Å². The summed E-state index contributed by atoms with van der Waals surface area (Å²) in [5, 5.41) is 7.03. The standard InChI is InChI=1S/C33H26N4O3S2/c1-19-6-10-22(11-7-19)29-30(23-12-8-20(2)9-13-23)35-26-17-24(14-15-25(26)34-29)32(39)40-21(3)31(38)37-33-36-27(18-42-33)28-5-4-16-41-28/h4-18,21H,1-3H3,(H,36,37,38). The third kappa shape index (κ3) is 5.83. The second-order valence-electron chi connectivity index (χ2n) is 9.91. The molecule has 3 aromatic carbocycles. The van der Waals surface area contributed by atoms with Crippen molar-refractivity contribution < 1.29 is 14.3 Å². The topological polar surface area (TPSA) is 94.1 Å². The zero-order chi connectivity index (χ0) is 29.2. The summed E-state index contributed by atoms with van der Waals surface area (Å²) in [4.78, 5) is 41.2. The first-order valence-electron chi connectivity index (χ1n) is 13.3. The third-order valence-electron chi connectivity index (χ3n) is 6.71. The van der Waals surface area contributed by atoms with Gasteiger partial charge < -0.3 is 4.74 Å². The van der Waals surface area contributed by atoms with Gasteiger partial charge in [0.1, 0.15) is 0 Å². The molecule has 1 N–H and O–H groups in total. The van der Waals surface area contributed by atoms with Crippen LogP contribution in [0.5, 0.6) is 0 Å². The molecule has 0 saturated carbocycles. The number of carbonyl (C=O) groups is 2. The van der Waals surface area contributed by atoms with Crippen molar-refractivity contribution >= 4 is 50.7 Å². The number of fused-ring (bicyclic) bond motifs is 1. The molecule has 0 bridgehead atoms. The van der Waals surface area contributed by atoms with Crippen molar-refractivity contribution in [3.8, 4) is 33.1 Å². The zero-order valence-electron chi connectivity index (χ0n) is 23.1. The number of benzene rings is 3. The second kappa shape index (κ2) is 11.6. The lowest BCUT2D eigenvalue weighted by Gasteiger charge is -2.14. The van der Waals surface area contributed by atoms with Crippen LogP contribution in [0.15, 0.2) is 89.6 Å². The zero-order valence-corrected chi connectivity index (χ0v) is 24.8. The maximum absolute atomic E-state index is 13.1. The first-order chi connectivity index (χ1) is 20.3. The largest absolute Gasteiger partial charge is 0.449 e. The van der Waals surface area contributed by atoms with Crippen molar-refractivity contribution in [3.63, 3.8) is 0 Å². The van der Waals surface area contributed by atoms with Crippen LogP contribution >= 0.6 is 22.7 Å². The number of amides is 1. The Morgan fingerprint density at radius 2 is 1.43 bits per heavy atom. The first-order valence-corrected chi connectivity index (χ1v) is 15.1. The minimum Gasteiger partial charge on any atom is -0.449 e. The molecular formula is C33H26N4O3S2. The average Bonchev–Trinajstić information content (AvgIpc) is 3.70. The van der Waals surface area contributed by atoms with E-state index in [2.05, 4.69) is 10.3 Å². The van der Waals surface area contributed by atoms with Gasteiger partial charge in [-0.2, -0.15) is 0 Å². The molecule has 1 amide bonds. The number of hydrogen-bond donors (Lipinski definition) is 1. The third-order valence-corrected chi connectivity index (χ3v) is 8.36. The lowest BCUT2D eigenvalue weighted by molar-refractivity contribution is -0.123. The summed E-state index contributed by atoms with van der Waals surface area (Å²) in [5.74, 6) is -1.08. The summed E-state index contributed by atoms with van der Waals surface area (Å²) in [6, 6.07) is 25.3. The summed E-state index contributed by atoms with van der Waals surface area (Å²) in [6.45, 7) is 5.61. The predicted octanol–water partition coefficient (Wildman–Crippen LogP) is 7.95. The molecule has 42 heavy (non-hydrogen) atoms. The fourth-order valence-electron chi connectivity index (χ4n) is 4.36. The highest BCUT2D eigenvalue weighted by atomic mass is 32.1. The monoisotopic (exact) mass is 590 g/mol. The van der Waals surface area contributed by atoms with Gasteiger partial charge >= 0.3 is 5.97 Å². The van der Waals surface area contributed by atoms with E-state index >= 15 is 0 Å². The number of nitrogens with one attached hydrogen (secondary N) is 1. The first kappa shape index (κ1) is 27.4. The van der Waals surface area contributed by atoms with Gasteiger partial charge in [0.05, 0.1) is 38.6 Å². The normalized spacial score (nSPS) is 11.8. The van der Waals surface area contributed by atoms with Crippen LogP contribution < -0.4 is 5.32 Å². The lowest BCUT2D eigenvalue weighted by atomic mass is 10.0. The van der Waals surface area contributed by atoms with Crippen molar-refractivity contribution in [2.45, 2.75) is 26.9 Å². The Morgan fingerprint density at radius 3 is 2.05 bits per heavy atom. The summed E-state index contributed by atoms with van der Waals surface area (Å²) < 4.78 is 5.51. The number of aromatic nitrogens is 3. The van der Waals surface area contributed by atoms with Crippen LogP contribution in [0.25, 0.3) is 44.1 Å². The van der Waals surface area contributed by atoms with Crippen LogP contribution in [0.3, 0.4) is 0 Å². The van der Waals surface area contributed by atoms with E-state index in [0.29, 0.717) is 16.2 Å². The summed E-state index contributed by atoms with van der Waals surface area (Å²) in [7, 11) is 0. The number of anilines is 1. The van der Waals surface area contributed by atoms with E-state index in [4.69, 9.17) is 14.7 Å². The fourth-order valence-corrected chi connectivity index (χ4v) is 5.84. The summed E-state index contributed by atoms with van der Waals surface area (Å²) >= 11 is 2.89. The van der Waals surface area contributed by atoms with Crippen molar-refractivity contribution in [1.29, 1.82) is 0 Å². The molecule has 3 aromatic heterocycles. The Balaban J connectivity index is 1.24. The van der Waals surface area contributed by atoms with E-state index in [1.165, 1.54) is 18.3 Å². The van der Waals surface area contributed by atoms with Gasteiger partial charge in [0.25, 0.3) is 5.91 Å². The van der Waals surface area contributed by atoms with Gasteiger partial charge in [-0.15, -0.1) is 22.7 Å². The molecule has 0 spiro atoms. The Morgan fingerprint density at radius 1 is 0.786 bits per heavy atom. The van der Waals surface area contributed by atoms with Gasteiger partial charge in [-0.1, -0.05) is 65.7 Å². The molecule has 6 rings (SSSR count). The molecule has 1 atom stereocenters. The molecule has 0 aliphatic rings. The molecule has 9 heteroatoms. The van der Waals surface area contributed by atoms with E-state index in [-0.39, 0.29) is 5.56 Å². The highest BCUT2D eigenvalue weighted by Gasteiger charge is 2.21. The SMILES string of the molecule is Cc1ccc(-c2nc3ccc(C(=O)OC(C)C(=O)Nc4nc(-c5cccs5)cs4)cc3nc2-c2ccc(C)cc2)cc1. The van der Waals surface area contributed by atoms with Gasteiger partial charge in [0, 0.05) is 16.5 Å². The molecular weight excluding hydrogens is 565 g/mol. The maximum atomic E-state index is 13.1. The number of rotatable bonds is 7. The van der Waals surface area contributed by atoms with Crippen molar-refractivity contribution in [2.24, 2.45) is 0 Å². The molecule has 0 fully saturated rings. The molecule has 1 unspecified atom stereocenters. The number of hydrogen-bond acceptors (Lipinski definition) is 8. The quantitative estimate of drug-likeness (QED) is 0.190. The molecule has 0 radical (unpaired) electrons. The molecule has 0 aliphatic heterocycles. The van der Waals surface area contributed by atoms with E-state index in [0.717, 1.165) is 44.2 Å². The predicted molar refractivity (Wildman–Crippen MR) is 169 cm³/mol. The molecule has 6 aromatic rings. The van der Waals surface area contributed by atoms with Gasteiger partial charge in [-0.05, 0) is 50.4 Å². The molecule has 208 valence electrons. The Hall–Kier alpha value is -4.73. The average molecular weight is 591 g/mol. The number of nitrogens with zero attached hydrogens (tertiary/aromatic N) is 3. The minimum absolute atomic E-state index is 0.281. The van der Waals surface area contributed by atoms with Gasteiger partial charge in [-0.3, -0.25) is 10.1 Å². The smallest absolute Gasteiger partial charge is 0.338 e. The van der Waals surface area contributed by atoms with Crippen molar-refractivity contribution in [1.82, 2.24) is 15.0 Å². The highest BCUT2D eigenvalue weighted by molar-refractivity contribution is 7.16. The Bertz CT molecular complexity index is 1900. The number of thiazole rings is 1. The number of esters is 1. The number of ether oxygens (including phenoxy) is 1. The van der Waals surface area contributed by atoms with E-state index in [1.807, 2.05) is 85.3 Å². The Kier molecular flexibility index (Phi) is 7.60. The van der Waals surface area contributed by atoms with Gasteiger partial charge in [-0.25, -0.2) is 19.7 Å². The fraction of sp³-hybridized carbons (Fsp3) is 0.121. The van der Waals surface area contributed by atoms with Crippen molar-refractivity contribution in [2.75, 3.05) is 5.32 Å². The van der Waals surface area contributed by atoms with Gasteiger partial charge in [0.15, 0.2) is 11.2 Å². The minimum atomic E-state index is -1.03. The number of thiophene rings is 1.